The summed E-state index contributed by atoms with van der Waals surface area (Å²) < 4.78 is 5.26. The van der Waals surface area contributed by atoms with E-state index in [9.17, 15) is 0 Å². The zero-order chi connectivity index (χ0) is 14.1. The van der Waals surface area contributed by atoms with E-state index in [1.54, 1.807) is 0 Å². The maximum atomic E-state index is 5.99. The van der Waals surface area contributed by atoms with Gasteiger partial charge in [0.1, 0.15) is 5.76 Å². The molecule has 2 fully saturated rings. The van der Waals surface area contributed by atoms with Gasteiger partial charge in [0.2, 0.25) is 0 Å². The van der Waals surface area contributed by atoms with Crippen molar-refractivity contribution in [3.63, 3.8) is 0 Å². The summed E-state index contributed by atoms with van der Waals surface area (Å²) in [6.07, 6.45) is 3.58. The summed E-state index contributed by atoms with van der Waals surface area (Å²) >= 11 is 0. The Morgan fingerprint density at radius 3 is 2.60 bits per heavy atom. The molecule has 2 saturated heterocycles. The van der Waals surface area contributed by atoms with E-state index < -0.39 is 0 Å². The van der Waals surface area contributed by atoms with Crippen molar-refractivity contribution >= 4 is 0 Å². The smallest absolute Gasteiger partial charge is 0.138 e. The maximum Gasteiger partial charge on any atom is 0.138 e. The molecule has 5 heteroatoms. The number of nitrogens with zero attached hydrogens (tertiary/aromatic N) is 3. The minimum Gasteiger partial charge on any atom is -0.361 e. The van der Waals surface area contributed by atoms with Crippen LogP contribution < -0.4 is 5.73 Å². The molecular formula is C15H26N4O. The van der Waals surface area contributed by atoms with Crippen molar-refractivity contribution in [2.75, 3.05) is 26.2 Å². The van der Waals surface area contributed by atoms with Crippen molar-refractivity contribution < 1.29 is 4.52 Å². The minimum atomic E-state index is 0.422. The summed E-state index contributed by atoms with van der Waals surface area (Å²) in [7, 11) is 0. The number of aromatic nitrogens is 1. The fraction of sp³-hybridized carbons (Fsp3) is 0.800. The van der Waals surface area contributed by atoms with Crippen LogP contribution in [0, 0.1) is 13.8 Å². The van der Waals surface area contributed by atoms with Gasteiger partial charge in [-0.2, -0.15) is 0 Å². The summed E-state index contributed by atoms with van der Waals surface area (Å²) in [5.41, 5.74) is 8.30. The third-order valence-corrected chi connectivity index (χ3v) is 4.90. The van der Waals surface area contributed by atoms with E-state index in [1.807, 2.05) is 13.8 Å². The van der Waals surface area contributed by atoms with E-state index >= 15 is 0 Å². The first-order valence-corrected chi connectivity index (χ1v) is 7.77. The van der Waals surface area contributed by atoms with Crippen LogP contribution in [-0.2, 0) is 6.54 Å². The van der Waals surface area contributed by atoms with Crippen LogP contribution in [0.5, 0.6) is 0 Å². The molecule has 112 valence electrons. The standard InChI is InChI=1S/C15H26N4O/c1-11-15(12(2)20-17-11)10-18-6-5-14(9-18)19-7-3-13(16)4-8-19/h13-14H,3-10,16H2,1-2H3. The molecule has 0 saturated carbocycles. The van der Waals surface area contributed by atoms with Gasteiger partial charge >= 0.3 is 0 Å². The number of rotatable bonds is 3. The number of piperidine rings is 1. The number of aryl methyl sites for hydroxylation is 2. The Balaban J connectivity index is 1.55. The van der Waals surface area contributed by atoms with E-state index in [0.717, 1.165) is 30.8 Å². The van der Waals surface area contributed by atoms with Crippen molar-refractivity contribution in [2.45, 2.75) is 51.7 Å². The van der Waals surface area contributed by atoms with Gasteiger partial charge in [0.05, 0.1) is 5.69 Å². The van der Waals surface area contributed by atoms with E-state index in [4.69, 9.17) is 10.3 Å². The molecule has 0 aliphatic carbocycles. The summed E-state index contributed by atoms with van der Waals surface area (Å²) in [5.74, 6) is 0.967. The molecule has 5 nitrogen and oxygen atoms in total. The van der Waals surface area contributed by atoms with E-state index in [-0.39, 0.29) is 0 Å². The zero-order valence-electron chi connectivity index (χ0n) is 12.6. The fourth-order valence-corrected chi connectivity index (χ4v) is 3.49. The van der Waals surface area contributed by atoms with Gasteiger partial charge in [-0.25, -0.2) is 0 Å². The Morgan fingerprint density at radius 1 is 1.20 bits per heavy atom. The Hall–Kier alpha value is -0.910. The van der Waals surface area contributed by atoms with Gasteiger partial charge in [-0.15, -0.1) is 0 Å². The predicted molar refractivity (Wildman–Crippen MR) is 78.4 cm³/mol. The van der Waals surface area contributed by atoms with Crippen LogP contribution in [0.25, 0.3) is 0 Å². The molecule has 1 unspecified atom stereocenters. The molecule has 0 bridgehead atoms. The third-order valence-electron chi connectivity index (χ3n) is 4.90. The monoisotopic (exact) mass is 278 g/mol. The van der Waals surface area contributed by atoms with Gasteiger partial charge in [0.15, 0.2) is 0 Å². The first kappa shape index (κ1) is 14.0. The molecule has 0 spiro atoms. The highest BCUT2D eigenvalue weighted by molar-refractivity contribution is 5.20. The largest absolute Gasteiger partial charge is 0.361 e. The quantitative estimate of drug-likeness (QED) is 0.903. The zero-order valence-corrected chi connectivity index (χ0v) is 12.6. The summed E-state index contributed by atoms with van der Waals surface area (Å²) in [6, 6.07) is 1.13. The van der Waals surface area contributed by atoms with Gasteiger partial charge in [-0.1, -0.05) is 5.16 Å². The second-order valence-corrected chi connectivity index (χ2v) is 6.35. The number of hydrogen-bond donors (Lipinski definition) is 1. The topological polar surface area (TPSA) is 58.5 Å². The molecule has 0 aromatic carbocycles. The molecule has 2 aliphatic heterocycles. The first-order valence-electron chi connectivity index (χ1n) is 7.77. The maximum absolute atomic E-state index is 5.99. The molecule has 3 rings (SSSR count). The summed E-state index contributed by atoms with van der Waals surface area (Å²) in [4.78, 5) is 5.17. The second kappa shape index (κ2) is 5.84. The molecular weight excluding hydrogens is 252 g/mol. The Morgan fingerprint density at radius 2 is 1.95 bits per heavy atom. The van der Waals surface area contributed by atoms with Crippen molar-refractivity contribution in [1.29, 1.82) is 0 Å². The second-order valence-electron chi connectivity index (χ2n) is 6.35. The molecule has 2 aliphatic rings. The average Bonchev–Trinajstić information content (AvgIpc) is 3.02. The van der Waals surface area contributed by atoms with Gasteiger partial charge in [-0.3, -0.25) is 9.80 Å². The van der Waals surface area contributed by atoms with Crippen LogP contribution in [-0.4, -0.2) is 53.2 Å². The van der Waals surface area contributed by atoms with Crippen LogP contribution in [0.1, 0.15) is 36.3 Å². The normalized spacial score (nSPS) is 26.4. The van der Waals surface area contributed by atoms with Crippen LogP contribution in [0.4, 0.5) is 0 Å². The number of likely N-dealkylation sites (tertiary alicyclic amines) is 2. The van der Waals surface area contributed by atoms with Crippen molar-refractivity contribution in [3.8, 4) is 0 Å². The highest BCUT2D eigenvalue weighted by atomic mass is 16.5. The van der Waals surface area contributed by atoms with Crippen molar-refractivity contribution in [2.24, 2.45) is 5.73 Å². The summed E-state index contributed by atoms with van der Waals surface area (Å²) in [6.45, 7) is 9.71. The highest BCUT2D eigenvalue weighted by Crippen LogP contribution is 2.23. The molecule has 1 atom stereocenters. The Kier molecular flexibility index (Phi) is 4.10. The molecule has 2 N–H and O–H groups in total. The SMILES string of the molecule is Cc1noc(C)c1CN1CCC(N2CCC(N)CC2)C1. The van der Waals surface area contributed by atoms with E-state index in [0.29, 0.717) is 12.1 Å². The van der Waals surface area contributed by atoms with E-state index in [1.165, 1.54) is 38.2 Å². The third kappa shape index (κ3) is 2.90. The minimum absolute atomic E-state index is 0.422. The lowest BCUT2D eigenvalue weighted by molar-refractivity contribution is 0.151. The van der Waals surface area contributed by atoms with Gasteiger partial charge < -0.3 is 10.3 Å². The molecule has 1 aromatic rings. The lowest BCUT2D eigenvalue weighted by atomic mass is 10.0. The number of nitrogens with two attached hydrogens (primary N) is 1. The van der Waals surface area contributed by atoms with Crippen molar-refractivity contribution in [1.82, 2.24) is 15.0 Å². The van der Waals surface area contributed by atoms with Crippen LogP contribution in [0.15, 0.2) is 4.52 Å². The summed E-state index contributed by atoms with van der Waals surface area (Å²) in [5, 5.41) is 4.05. The van der Waals surface area contributed by atoms with Gasteiger partial charge in [0, 0.05) is 37.3 Å². The van der Waals surface area contributed by atoms with Crippen LogP contribution in [0.2, 0.25) is 0 Å². The average molecular weight is 278 g/mol. The predicted octanol–water partition coefficient (Wildman–Crippen LogP) is 1.29. The number of hydrogen-bond acceptors (Lipinski definition) is 5. The molecule has 1 aromatic heterocycles. The molecule has 0 amide bonds. The highest BCUT2D eigenvalue weighted by Gasteiger charge is 2.30. The Bertz CT molecular complexity index is 431. The van der Waals surface area contributed by atoms with Gasteiger partial charge in [-0.05, 0) is 46.2 Å². The molecule has 0 radical (unpaired) electrons. The molecule has 20 heavy (non-hydrogen) atoms. The first-order chi connectivity index (χ1) is 9.63. The van der Waals surface area contributed by atoms with E-state index in [2.05, 4.69) is 15.0 Å². The fourth-order valence-electron chi connectivity index (χ4n) is 3.49. The lowest BCUT2D eigenvalue weighted by Gasteiger charge is -2.34. The van der Waals surface area contributed by atoms with Gasteiger partial charge in [0.25, 0.3) is 0 Å². The lowest BCUT2D eigenvalue weighted by Crippen LogP contribution is -2.46. The molecule has 3 heterocycles. The van der Waals surface area contributed by atoms with Crippen molar-refractivity contribution in [3.05, 3.63) is 17.0 Å². The van der Waals surface area contributed by atoms with Crippen LogP contribution >= 0.6 is 0 Å². The Labute approximate surface area is 121 Å². The van der Waals surface area contributed by atoms with Crippen LogP contribution in [0.3, 0.4) is 0 Å².